The number of pyridine rings is 1. The summed E-state index contributed by atoms with van der Waals surface area (Å²) in [4.78, 5) is 50.2. The number of halogens is 2. The van der Waals surface area contributed by atoms with Crippen molar-refractivity contribution in [1.29, 1.82) is 0 Å². The van der Waals surface area contributed by atoms with Gasteiger partial charge < -0.3 is 19.4 Å². The topological polar surface area (TPSA) is 86.3 Å². The molecule has 3 aliphatic heterocycles. The van der Waals surface area contributed by atoms with Crippen molar-refractivity contribution in [2.24, 2.45) is 0 Å². The van der Waals surface area contributed by atoms with Crippen LogP contribution >= 0.6 is 0 Å². The number of alkyl halides is 2. The Bertz CT molecular complexity index is 1130. The number of hydrogen-bond acceptors (Lipinski definition) is 6. The summed E-state index contributed by atoms with van der Waals surface area (Å²) in [5.41, 5.74) is -0.247. The van der Waals surface area contributed by atoms with E-state index in [4.69, 9.17) is 4.74 Å². The molecule has 0 aromatic carbocycles. The van der Waals surface area contributed by atoms with Crippen molar-refractivity contribution < 1.29 is 27.9 Å². The van der Waals surface area contributed by atoms with Crippen LogP contribution in [0.25, 0.3) is 0 Å². The summed E-state index contributed by atoms with van der Waals surface area (Å²) in [6.07, 6.45) is 2.32. The van der Waals surface area contributed by atoms with E-state index in [0.717, 1.165) is 18.9 Å². The van der Waals surface area contributed by atoms with Crippen LogP contribution in [0.1, 0.15) is 72.6 Å². The van der Waals surface area contributed by atoms with E-state index in [9.17, 15) is 23.2 Å². The highest BCUT2D eigenvalue weighted by Crippen LogP contribution is 2.42. The molecule has 2 saturated heterocycles. The maximum atomic E-state index is 14.1. The van der Waals surface area contributed by atoms with Crippen molar-refractivity contribution in [1.82, 2.24) is 19.7 Å². The molecule has 1 aromatic rings. The van der Waals surface area contributed by atoms with Crippen LogP contribution in [0.15, 0.2) is 12.3 Å². The minimum Gasteiger partial charge on any atom is -0.444 e. The fourth-order valence-electron chi connectivity index (χ4n) is 5.68. The summed E-state index contributed by atoms with van der Waals surface area (Å²) in [6, 6.07) is 0.823. The molecule has 3 aliphatic rings. The molecule has 0 unspecified atom stereocenters. The van der Waals surface area contributed by atoms with Crippen molar-refractivity contribution in [3.8, 4) is 0 Å². The molecule has 0 bridgehead atoms. The fourth-order valence-corrected chi connectivity index (χ4v) is 5.68. The lowest BCUT2D eigenvalue weighted by Crippen LogP contribution is -2.63. The first-order valence-corrected chi connectivity index (χ1v) is 13.7. The fraction of sp³-hybridized carbons (Fsp3) is 0.714. The van der Waals surface area contributed by atoms with Crippen LogP contribution in [0, 0.1) is 0 Å². The average Bonchev–Trinajstić information content (AvgIpc) is 3.33. The molecule has 1 aromatic heterocycles. The van der Waals surface area contributed by atoms with Crippen LogP contribution < -0.4 is 4.90 Å². The maximum Gasteiger partial charge on any atom is 0.410 e. The predicted octanol–water partition coefficient (Wildman–Crippen LogP) is 3.75. The van der Waals surface area contributed by atoms with Crippen molar-refractivity contribution in [2.45, 2.75) is 90.3 Å². The molecule has 4 rings (SSSR count). The molecule has 39 heavy (non-hydrogen) atoms. The summed E-state index contributed by atoms with van der Waals surface area (Å²) in [6.45, 7) is 14.2. The van der Waals surface area contributed by atoms with Gasteiger partial charge in [0.1, 0.15) is 11.3 Å². The van der Waals surface area contributed by atoms with Crippen LogP contribution in [0.5, 0.6) is 0 Å². The van der Waals surface area contributed by atoms with E-state index in [1.54, 1.807) is 14.7 Å². The number of fused-ring (bicyclic) bond motifs is 1. The molecule has 0 aliphatic carbocycles. The Hall–Kier alpha value is -2.82. The number of rotatable bonds is 5. The van der Waals surface area contributed by atoms with E-state index in [-0.39, 0.29) is 36.1 Å². The molecule has 2 fully saturated rings. The normalized spacial score (nSPS) is 23.8. The molecule has 11 heteroatoms. The molecule has 9 nitrogen and oxygen atoms in total. The molecular formula is C28H41F2N5O4. The molecule has 0 radical (unpaired) electrons. The first-order chi connectivity index (χ1) is 18.0. The predicted molar refractivity (Wildman–Crippen MR) is 143 cm³/mol. The number of ether oxygens (including phenoxy) is 1. The van der Waals surface area contributed by atoms with Crippen LogP contribution in [-0.4, -0.2) is 94.5 Å². The molecule has 216 valence electrons. The first-order valence-electron chi connectivity index (χ1n) is 13.7. The summed E-state index contributed by atoms with van der Waals surface area (Å²) >= 11 is 0. The highest BCUT2D eigenvalue weighted by Gasteiger charge is 2.43. The highest BCUT2D eigenvalue weighted by molar-refractivity contribution is 5.97. The number of anilines is 1. The minimum absolute atomic E-state index is 0.0366. The highest BCUT2D eigenvalue weighted by atomic mass is 19.3. The maximum absolute atomic E-state index is 14.1. The standard InChI is InChI=1S/C28H41F2N5O4/c1-18-13-33(19(14-32-10-8-9-23(32)36)15-34(18)25(38)39-26(2,3)4)16-24(37)35-17-27(5,6)20-12-31-22(11-21(20)35)28(7,29)30/h11-12,18-19H,8-10,13-17H2,1-7H3/t18-,19+/m1/s1. The zero-order chi connectivity index (χ0) is 28.9. The molecule has 3 amide bonds. The van der Waals surface area contributed by atoms with Gasteiger partial charge in [-0.15, -0.1) is 0 Å². The van der Waals surface area contributed by atoms with E-state index >= 15 is 0 Å². The SMILES string of the molecule is C[C@@H]1CN(CC(=O)N2CC(C)(C)c3cnc(C(C)(F)F)cc32)[C@@H](CN2CCCC2=O)CN1C(=O)OC(C)(C)C. The summed E-state index contributed by atoms with van der Waals surface area (Å²) in [5, 5.41) is 0. The molecule has 4 heterocycles. The van der Waals surface area contributed by atoms with Gasteiger partial charge >= 0.3 is 6.09 Å². The Labute approximate surface area is 229 Å². The summed E-state index contributed by atoms with van der Waals surface area (Å²) in [7, 11) is 0. The Morgan fingerprint density at radius 2 is 1.87 bits per heavy atom. The van der Waals surface area contributed by atoms with E-state index in [1.165, 1.54) is 12.3 Å². The number of likely N-dealkylation sites (tertiary alicyclic amines) is 1. The monoisotopic (exact) mass is 549 g/mol. The minimum atomic E-state index is -3.13. The van der Waals surface area contributed by atoms with E-state index in [0.29, 0.717) is 44.8 Å². The van der Waals surface area contributed by atoms with Gasteiger partial charge in [-0.1, -0.05) is 13.8 Å². The van der Waals surface area contributed by atoms with Crippen molar-refractivity contribution in [2.75, 3.05) is 44.2 Å². The quantitative estimate of drug-likeness (QED) is 0.556. The van der Waals surface area contributed by atoms with Crippen LogP contribution in [-0.2, 0) is 25.7 Å². The second kappa shape index (κ2) is 10.3. The summed E-state index contributed by atoms with van der Waals surface area (Å²) < 4.78 is 33.8. The third-order valence-electron chi connectivity index (χ3n) is 7.73. The van der Waals surface area contributed by atoms with Gasteiger partial charge in [0.05, 0.1) is 12.2 Å². The Kier molecular flexibility index (Phi) is 7.70. The number of hydrogen-bond donors (Lipinski definition) is 0. The average molecular weight is 550 g/mol. The lowest BCUT2D eigenvalue weighted by molar-refractivity contribution is -0.129. The Morgan fingerprint density at radius 1 is 1.18 bits per heavy atom. The zero-order valence-electron chi connectivity index (χ0n) is 24.1. The lowest BCUT2D eigenvalue weighted by atomic mass is 9.88. The zero-order valence-corrected chi connectivity index (χ0v) is 24.1. The number of piperazine rings is 1. The van der Waals surface area contributed by atoms with Crippen molar-refractivity contribution in [3.05, 3.63) is 23.5 Å². The van der Waals surface area contributed by atoms with Gasteiger partial charge in [-0.25, -0.2) is 4.79 Å². The smallest absolute Gasteiger partial charge is 0.410 e. The van der Waals surface area contributed by atoms with Gasteiger partial charge in [0.25, 0.3) is 5.92 Å². The van der Waals surface area contributed by atoms with E-state index in [1.807, 2.05) is 46.4 Å². The second-order valence-corrected chi connectivity index (χ2v) is 12.8. The number of carbonyl (C=O) groups is 3. The number of nitrogens with zero attached hydrogens (tertiary/aromatic N) is 5. The molecule has 2 atom stereocenters. The molecule has 0 N–H and O–H groups in total. The van der Waals surface area contributed by atoms with Gasteiger partial charge in [-0.2, -0.15) is 8.78 Å². The molecule has 0 spiro atoms. The molecular weight excluding hydrogens is 508 g/mol. The lowest BCUT2D eigenvalue weighted by Gasteiger charge is -2.46. The third kappa shape index (κ3) is 6.34. The van der Waals surface area contributed by atoms with Crippen molar-refractivity contribution >= 4 is 23.6 Å². The van der Waals surface area contributed by atoms with Gasteiger partial charge in [0.15, 0.2) is 0 Å². The van der Waals surface area contributed by atoms with Crippen LogP contribution in [0.3, 0.4) is 0 Å². The Morgan fingerprint density at radius 3 is 2.46 bits per heavy atom. The third-order valence-corrected chi connectivity index (χ3v) is 7.73. The van der Waals surface area contributed by atoms with Gasteiger partial charge in [-0.05, 0) is 40.2 Å². The Balaban J connectivity index is 1.57. The molecule has 0 saturated carbocycles. The van der Waals surface area contributed by atoms with Crippen LogP contribution in [0.4, 0.5) is 19.3 Å². The van der Waals surface area contributed by atoms with Crippen LogP contribution in [0.2, 0.25) is 0 Å². The number of aromatic nitrogens is 1. The first kappa shape index (κ1) is 29.2. The number of amides is 3. The summed E-state index contributed by atoms with van der Waals surface area (Å²) in [5.74, 6) is -3.27. The van der Waals surface area contributed by atoms with Crippen molar-refractivity contribution in [3.63, 3.8) is 0 Å². The van der Waals surface area contributed by atoms with E-state index in [2.05, 4.69) is 4.98 Å². The number of carbonyl (C=O) groups excluding carboxylic acids is 3. The largest absolute Gasteiger partial charge is 0.444 e. The van der Waals surface area contributed by atoms with Gasteiger partial charge in [0, 0.05) is 75.3 Å². The van der Waals surface area contributed by atoms with Gasteiger partial charge in [0.2, 0.25) is 11.8 Å². The second-order valence-electron chi connectivity index (χ2n) is 12.8. The van der Waals surface area contributed by atoms with Gasteiger partial charge in [-0.3, -0.25) is 19.5 Å². The van der Waals surface area contributed by atoms with E-state index < -0.39 is 23.0 Å².